The largest absolute Gasteiger partial charge is 0.339 e. The van der Waals surface area contributed by atoms with Gasteiger partial charge in [-0.15, -0.1) is 0 Å². The van der Waals surface area contributed by atoms with Gasteiger partial charge < -0.3 is 4.90 Å². The van der Waals surface area contributed by atoms with Crippen molar-refractivity contribution in [3.63, 3.8) is 0 Å². The van der Waals surface area contributed by atoms with Crippen LogP contribution < -0.4 is 16.4 Å². The molecular formula is C22H27N5O4. The van der Waals surface area contributed by atoms with Crippen LogP contribution in [0.5, 0.6) is 0 Å². The molecule has 9 heteroatoms. The van der Waals surface area contributed by atoms with Crippen LogP contribution in [0.1, 0.15) is 55.9 Å². The van der Waals surface area contributed by atoms with E-state index < -0.39 is 17.7 Å². The lowest BCUT2D eigenvalue weighted by atomic mass is 10.1. The van der Waals surface area contributed by atoms with E-state index in [1.54, 1.807) is 24.3 Å². The summed E-state index contributed by atoms with van der Waals surface area (Å²) in [6.45, 7) is 2.69. The van der Waals surface area contributed by atoms with E-state index >= 15 is 0 Å². The third kappa shape index (κ3) is 4.17. The molecule has 1 saturated heterocycles. The molecule has 9 nitrogen and oxygen atoms in total. The Hall–Kier alpha value is -3.23. The number of hydrogen-bond acceptors (Lipinski definition) is 5. The molecule has 1 saturated carbocycles. The first kappa shape index (κ1) is 21.0. The molecule has 2 aromatic rings. The first-order chi connectivity index (χ1) is 15.0. The Morgan fingerprint density at radius 1 is 1.10 bits per heavy atom. The van der Waals surface area contributed by atoms with Crippen molar-refractivity contribution >= 4 is 28.5 Å². The van der Waals surface area contributed by atoms with Crippen molar-refractivity contribution in [1.82, 2.24) is 25.5 Å². The zero-order valence-electron chi connectivity index (χ0n) is 17.6. The number of nitrogens with zero attached hydrogens (tertiary/aromatic N) is 3. The Kier molecular flexibility index (Phi) is 6.01. The minimum absolute atomic E-state index is 0.00215. The van der Waals surface area contributed by atoms with E-state index in [0.717, 1.165) is 25.7 Å². The van der Waals surface area contributed by atoms with E-state index in [2.05, 4.69) is 16.0 Å². The van der Waals surface area contributed by atoms with Crippen molar-refractivity contribution in [2.24, 2.45) is 5.92 Å². The third-order valence-corrected chi connectivity index (χ3v) is 6.11. The Labute approximate surface area is 179 Å². The maximum Gasteiger partial charge on any atom is 0.290 e. The van der Waals surface area contributed by atoms with Crippen LogP contribution in [0.25, 0.3) is 10.8 Å². The molecular weight excluding hydrogens is 398 g/mol. The summed E-state index contributed by atoms with van der Waals surface area (Å²) in [7, 11) is 0. The molecule has 1 unspecified atom stereocenters. The summed E-state index contributed by atoms with van der Waals surface area (Å²) < 4.78 is 1.27. The predicted molar refractivity (Wildman–Crippen MR) is 114 cm³/mol. The number of rotatable bonds is 5. The molecule has 2 aliphatic rings. The van der Waals surface area contributed by atoms with E-state index in [1.807, 2.05) is 11.8 Å². The van der Waals surface area contributed by atoms with Gasteiger partial charge in [-0.05, 0) is 25.3 Å². The zero-order chi connectivity index (χ0) is 22.0. The third-order valence-electron chi connectivity index (χ3n) is 6.11. The van der Waals surface area contributed by atoms with Gasteiger partial charge >= 0.3 is 0 Å². The van der Waals surface area contributed by atoms with Gasteiger partial charge in [0.1, 0.15) is 0 Å². The van der Waals surface area contributed by atoms with Crippen molar-refractivity contribution in [3.05, 3.63) is 40.3 Å². The lowest BCUT2D eigenvalue weighted by molar-refractivity contribution is -0.130. The second-order valence-electron chi connectivity index (χ2n) is 8.25. The number of carbonyl (C=O) groups is 3. The fourth-order valence-corrected chi connectivity index (χ4v) is 4.52. The lowest BCUT2D eigenvalue weighted by Crippen LogP contribution is -2.46. The van der Waals surface area contributed by atoms with Crippen molar-refractivity contribution < 1.29 is 14.4 Å². The van der Waals surface area contributed by atoms with Gasteiger partial charge in [0.05, 0.1) is 11.3 Å². The fourth-order valence-electron chi connectivity index (χ4n) is 4.52. The van der Waals surface area contributed by atoms with Crippen LogP contribution in [0.4, 0.5) is 0 Å². The van der Waals surface area contributed by atoms with Gasteiger partial charge in [-0.25, -0.2) is 4.68 Å². The smallest absolute Gasteiger partial charge is 0.290 e. The van der Waals surface area contributed by atoms with E-state index in [4.69, 9.17) is 0 Å². The number of likely N-dealkylation sites (tertiary alicyclic amines) is 1. The van der Waals surface area contributed by atoms with Crippen LogP contribution in [0.3, 0.4) is 0 Å². The van der Waals surface area contributed by atoms with Gasteiger partial charge in [0, 0.05) is 30.9 Å². The van der Waals surface area contributed by atoms with Crippen molar-refractivity contribution in [2.75, 3.05) is 6.54 Å². The molecule has 3 amide bonds. The molecule has 0 bridgehead atoms. The van der Waals surface area contributed by atoms with Crippen molar-refractivity contribution in [3.8, 4) is 0 Å². The average Bonchev–Trinajstić information content (AvgIpc) is 3.43. The fraction of sp³-hybridized carbons (Fsp3) is 0.500. The first-order valence-electron chi connectivity index (χ1n) is 10.9. The van der Waals surface area contributed by atoms with E-state index in [0.29, 0.717) is 30.3 Å². The van der Waals surface area contributed by atoms with Crippen LogP contribution in [0, 0.1) is 5.92 Å². The van der Waals surface area contributed by atoms with Crippen molar-refractivity contribution in [2.45, 2.75) is 58.0 Å². The molecule has 2 heterocycles. The number of benzene rings is 1. The highest BCUT2D eigenvalue weighted by Crippen LogP contribution is 2.29. The number of fused-ring (bicyclic) bond motifs is 1. The Morgan fingerprint density at radius 2 is 1.81 bits per heavy atom. The van der Waals surface area contributed by atoms with Crippen LogP contribution in [-0.4, -0.2) is 45.0 Å². The van der Waals surface area contributed by atoms with Gasteiger partial charge in [-0.1, -0.05) is 38.0 Å². The highest BCUT2D eigenvalue weighted by Gasteiger charge is 2.38. The molecule has 1 aliphatic carbocycles. The molecule has 0 spiro atoms. The number of aromatic nitrogens is 2. The molecule has 1 aromatic carbocycles. The highest BCUT2D eigenvalue weighted by atomic mass is 16.2. The minimum Gasteiger partial charge on any atom is -0.339 e. The zero-order valence-corrected chi connectivity index (χ0v) is 17.6. The number of hydrazine groups is 1. The van der Waals surface area contributed by atoms with Gasteiger partial charge in [-0.3, -0.25) is 30.0 Å². The number of hydrogen-bond donors (Lipinski definition) is 2. The molecule has 0 radical (unpaired) electrons. The Balaban J connectivity index is 1.46. The molecule has 2 fully saturated rings. The molecule has 1 aromatic heterocycles. The van der Waals surface area contributed by atoms with Crippen LogP contribution in [0.2, 0.25) is 0 Å². The standard InChI is InChI=1S/C22H27N5O4/c1-2-11-27-22(31)17-10-6-5-9-16(17)19(25-27)21(30)24-23-20(29)14-12-18(28)26(13-14)15-7-3-4-8-15/h5-6,9-10,14-15H,2-4,7-8,11-13H2,1H3,(H,23,29)(H,24,30). The maximum absolute atomic E-state index is 12.8. The van der Waals surface area contributed by atoms with Crippen molar-refractivity contribution in [1.29, 1.82) is 0 Å². The molecule has 1 aliphatic heterocycles. The summed E-state index contributed by atoms with van der Waals surface area (Å²) in [6.07, 6.45) is 5.05. The predicted octanol–water partition coefficient (Wildman–Crippen LogP) is 1.36. The number of carbonyl (C=O) groups excluding carboxylic acids is 3. The maximum atomic E-state index is 12.8. The second-order valence-corrected chi connectivity index (χ2v) is 8.25. The quantitative estimate of drug-likeness (QED) is 0.702. The second kappa shape index (κ2) is 8.87. The summed E-state index contributed by atoms with van der Waals surface area (Å²) in [5.74, 6) is -1.50. The lowest BCUT2D eigenvalue weighted by Gasteiger charge is -2.23. The monoisotopic (exact) mass is 425 g/mol. The average molecular weight is 425 g/mol. The summed E-state index contributed by atoms with van der Waals surface area (Å²) in [5.41, 5.74) is 4.66. The first-order valence-corrected chi connectivity index (χ1v) is 10.9. The highest BCUT2D eigenvalue weighted by molar-refractivity contribution is 6.05. The molecule has 164 valence electrons. The number of amides is 3. The number of aryl methyl sites for hydroxylation is 1. The molecule has 1 atom stereocenters. The molecule has 2 N–H and O–H groups in total. The van der Waals surface area contributed by atoms with Gasteiger partial charge in [-0.2, -0.15) is 5.10 Å². The summed E-state index contributed by atoms with van der Waals surface area (Å²) in [4.78, 5) is 52.1. The van der Waals surface area contributed by atoms with E-state index in [-0.39, 0.29) is 29.6 Å². The van der Waals surface area contributed by atoms with Gasteiger partial charge in [0.2, 0.25) is 11.8 Å². The summed E-state index contributed by atoms with van der Waals surface area (Å²) >= 11 is 0. The topological polar surface area (TPSA) is 113 Å². The normalized spacial score (nSPS) is 19.2. The van der Waals surface area contributed by atoms with Crippen LogP contribution in [-0.2, 0) is 16.1 Å². The van der Waals surface area contributed by atoms with E-state index in [1.165, 1.54) is 4.68 Å². The summed E-state index contributed by atoms with van der Waals surface area (Å²) in [5, 5.41) is 5.05. The van der Waals surface area contributed by atoms with E-state index in [9.17, 15) is 19.2 Å². The minimum atomic E-state index is -0.605. The van der Waals surface area contributed by atoms with Gasteiger partial charge in [0.15, 0.2) is 5.69 Å². The van der Waals surface area contributed by atoms with Crippen LogP contribution in [0.15, 0.2) is 29.1 Å². The van der Waals surface area contributed by atoms with Crippen LogP contribution >= 0.6 is 0 Å². The molecule has 31 heavy (non-hydrogen) atoms. The molecule has 4 rings (SSSR count). The Bertz CT molecular complexity index is 1070. The Morgan fingerprint density at radius 3 is 2.52 bits per heavy atom. The SMILES string of the molecule is CCCn1nc(C(=O)NNC(=O)C2CC(=O)N(C3CCCC3)C2)c2ccccc2c1=O. The van der Waals surface area contributed by atoms with Gasteiger partial charge in [0.25, 0.3) is 11.5 Å². The number of nitrogens with one attached hydrogen (secondary N) is 2. The summed E-state index contributed by atoms with van der Waals surface area (Å²) in [6, 6.07) is 7.01.